The van der Waals surface area contributed by atoms with Gasteiger partial charge in [-0.05, 0) is 13.8 Å². The van der Waals surface area contributed by atoms with Gasteiger partial charge >= 0.3 is 0 Å². The number of hydrogen-bond donors (Lipinski definition) is 0. The van der Waals surface area contributed by atoms with Crippen LogP contribution in [0.25, 0.3) is 0 Å². The highest BCUT2D eigenvalue weighted by Crippen LogP contribution is 2.03. The van der Waals surface area contributed by atoms with Crippen LogP contribution < -0.4 is 0 Å². The average molecular weight is 172 g/mol. The molecular weight excluding hydrogens is 155 g/mol. The predicted molar refractivity (Wildman–Crippen MR) is 64.2 cm³/mol. The van der Waals surface area contributed by atoms with E-state index < -0.39 is 0 Å². The van der Waals surface area contributed by atoms with E-state index in [-0.39, 0.29) is 0 Å². The summed E-state index contributed by atoms with van der Waals surface area (Å²) in [6.07, 6.45) is 11.9. The minimum Gasteiger partial charge on any atom is -0.0996 e. The standard InChI is InChI=1S/C12H17B/c1-5-9-12(10-6-2)13-11(7-3)8-4/h5-10,13H,1,3H2,2,4H3/b10-6-,11-8+,12-9+. The van der Waals surface area contributed by atoms with E-state index in [1.807, 2.05) is 38.2 Å². The fourth-order valence-electron chi connectivity index (χ4n) is 1.07. The van der Waals surface area contributed by atoms with Crippen LogP contribution >= 0.6 is 0 Å². The summed E-state index contributed by atoms with van der Waals surface area (Å²) >= 11 is 0. The fraction of sp³-hybridized carbons (Fsp3) is 0.167. The topological polar surface area (TPSA) is 0 Å². The van der Waals surface area contributed by atoms with Crippen molar-refractivity contribution in [2.45, 2.75) is 13.8 Å². The van der Waals surface area contributed by atoms with Gasteiger partial charge in [0.1, 0.15) is 0 Å². The summed E-state index contributed by atoms with van der Waals surface area (Å²) in [6.45, 7) is 11.5. The maximum Gasteiger partial charge on any atom is 0.191 e. The SMILES string of the molecule is C=C/C=C(B/C(C=C)=C/C)\C=C/C. The molecule has 0 amide bonds. The minimum absolute atomic E-state index is 0.927. The van der Waals surface area contributed by atoms with E-state index in [9.17, 15) is 0 Å². The van der Waals surface area contributed by atoms with E-state index in [0.717, 1.165) is 7.28 Å². The van der Waals surface area contributed by atoms with Gasteiger partial charge in [0.15, 0.2) is 7.28 Å². The van der Waals surface area contributed by atoms with Gasteiger partial charge in [-0.2, -0.15) is 0 Å². The van der Waals surface area contributed by atoms with Crippen LogP contribution in [0.2, 0.25) is 0 Å². The smallest absolute Gasteiger partial charge is 0.0996 e. The van der Waals surface area contributed by atoms with Gasteiger partial charge in [-0.3, -0.25) is 0 Å². The molecule has 0 radical (unpaired) electrons. The lowest BCUT2D eigenvalue weighted by molar-refractivity contribution is 1.66. The zero-order valence-electron chi connectivity index (χ0n) is 8.59. The monoisotopic (exact) mass is 172 g/mol. The molecule has 0 rings (SSSR count). The molecule has 0 spiro atoms. The van der Waals surface area contributed by atoms with E-state index in [1.165, 1.54) is 10.9 Å². The summed E-state index contributed by atoms with van der Waals surface area (Å²) in [5.41, 5.74) is 2.50. The molecule has 0 aliphatic heterocycles. The molecule has 0 bridgehead atoms. The van der Waals surface area contributed by atoms with E-state index in [2.05, 4.69) is 25.3 Å². The van der Waals surface area contributed by atoms with Gasteiger partial charge in [0.05, 0.1) is 0 Å². The van der Waals surface area contributed by atoms with Crippen molar-refractivity contribution in [1.29, 1.82) is 0 Å². The summed E-state index contributed by atoms with van der Waals surface area (Å²) in [6, 6.07) is 0. The molecule has 1 heteroatoms. The molecule has 0 unspecified atom stereocenters. The minimum atomic E-state index is 0.927. The average Bonchev–Trinajstić information content (AvgIpc) is 2.14. The summed E-state index contributed by atoms with van der Waals surface area (Å²) in [4.78, 5) is 0. The Morgan fingerprint density at radius 3 is 2.23 bits per heavy atom. The van der Waals surface area contributed by atoms with Crippen LogP contribution in [0, 0.1) is 0 Å². The van der Waals surface area contributed by atoms with E-state index in [4.69, 9.17) is 0 Å². The third-order valence-electron chi connectivity index (χ3n) is 1.75. The van der Waals surface area contributed by atoms with E-state index in [0.29, 0.717) is 0 Å². The van der Waals surface area contributed by atoms with Crippen LogP contribution in [0.5, 0.6) is 0 Å². The van der Waals surface area contributed by atoms with Crippen molar-refractivity contribution in [1.82, 2.24) is 0 Å². The van der Waals surface area contributed by atoms with Crippen LogP contribution in [-0.2, 0) is 0 Å². The molecule has 0 atom stereocenters. The van der Waals surface area contributed by atoms with Gasteiger partial charge < -0.3 is 0 Å². The quantitative estimate of drug-likeness (QED) is 0.441. The van der Waals surface area contributed by atoms with Gasteiger partial charge in [-0.15, -0.1) is 0 Å². The van der Waals surface area contributed by atoms with Gasteiger partial charge in [-0.25, -0.2) is 0 Å². The first-order chi connectivity index (χ1) is 6.28. The zero-order valence-corrected chi connectivity index (χ0v) is 8.59. The van der Waals surface area contributed by atoms with Crippen molar-refractivity contribution in [2.24, 2.45) is 0 Å². The van der Waals surface area contributed by atoms with Crippen LogP contribution in [0.4, 0.5) is 0 Å². The maximum atomic E-state index is 3.76. The van der Waals surface area contributed by atoms with Crippen LogP contribution in [0.3, 0.4) is 0 Å². The molecule has 0 aromatic carbocycles. The molecule has 0 nitrogen and oxygen atoms in total. The Hall–Kier alpha value is -1.24. The third kappa shape index (κ3) is 5.08. The predicted octanol–water partition coefficient (Wildman–Crippen LogP) is 3.16. The van der Waals surface area contributed by atoms with Gasteiger partial charge in [0.2, 0.25) is 0 Å². The second-order valence-electron chi connectivity index (χ2n) is 2.72. The van der Waals surface area contributed by atoms with Crippen molar-refractivity contribution in [2.75, 3.05) is 0 Å². The molecule has 0 fully saturated rings. The largest absolute Gasteiger partial charge is 0.191 e. The Bertz CT molecular complexity index is 254. The molecular formula is C12H17B. The molecule has 0 heterocycles. The molecule has 0 aliphatic carbocycles. The molecule has 0 saturated carbocycles. The Balaban J connectivity index is 4.51. The fourth-order valence-corrected chi connectivity index (χ4v) is 1.07. The van der Waals surface area contributed by atoms with Crippen LogP contribution in [0.1, 0.15) is 13.8 Å². The number of rotatable bonds is 5. The molecule has 0 aromatic heterocycles. The lowest BCUT2D eigenvalue weighted by Gasteiger charge is -1.99. The molecule has 0 aliphatic rings. The normalized spacial score (nSPS) is 13.1. The second-order valence-corrected chi connectivity index (χ2v) is 2.72. The summed E-state index contributed by atoms with van der Waals surface area (Å²) in [5.74, 6) is 0. The summed E-state index contributed by atoms with van der Waals surface area (Å²) in [7, 11) is 0.927. The molecule has 0 N–H and O–H groups in total. The van der Waals surface area contributed by atoms with Crippen molar-refractivity contribution in [3.8, 4) is 0 Å². The van der Waals surface area contributed by atoms with Crippen LogP contribution in [0.15, 0.2) is 60.6 Å². The third-order valence-corrected chi connectivity index (χ3v) is 1.75. The Morgan fingerprint density at radius 2 is 1.85 bits per heavy atom. The van der Waals surface area contributed by atoms with Crippen molar-refractivity contribution < 1.29 is 0 Å². The van der Waals surface area contributed by atoms with E-state index in [1.54, 1.807) is 0 Å². The summed E-state index contributed by atoms with van der Waals surface area (Å²) < 4.78 is 0. The highest BCUT2D eigenvalue weighted by molar-refractivity contribution is 6.55. The summed E-state index contributed by atoms with van der Waals surface area (Å²) in [5, 5.41) is 0. The first-order valence-corrected chi connectivity index (χ1v) is 4.50. The number of hydrogen-bond acceptors (Lipinski definition) is 0. The second kappa shape index (κ2) is 7.42. The maximum absolute atomic E-state index is 3.76. The number of allylic oxidation sites excluding steroid dienone is 8. The Morgan fingerprint density at radius 1 is 1.15 bits per heavy atom. The van der Waals surface area contributed by atoms with Gasteiger partial charge in [0.25, 0.3) is 0 Å². The van der Waals surface area contributed by atoms with Crippen molar-refractivity contribution >= 4 is 7.28 Å². The molecule has 13 heavy (non-hydrogen) atoms. The van der Waals surface area contributed by atoms with Crippen molar-refractivity contribution in [3.05, 3.63) is 60.6 Å². The molecule has 68 valence electrons. The highest BCUT2D eigenvalue weighted by atomic mass is 13.8. The van der Waals surface area contributed by atoms with Gasteiger partial charge in [-0.1, -0.05) is 60.6 Å². The van der Waals surface area contributed by atoms with E-state index >= 15 is 0 Å². The van der Waals surface area contributed by atoms with Crippen LogP contribution in [-0.4, -0.2) is 7.28 Å². The molecule has 0 saturated heterocycles. The first-order valence-electron chi connectivity index (χ1n) is 4.50. The first kappa shape index (κ1) is 11.8. The van der Waals surface area contributed by atoms with Crippen molar-refractivity contribution in [3.63, 3.8) is 0 Å². The lowest BCUT2D eigenvalue weighted by Crippen LogP contribution is -1.96. The molecule has 0 aromatic rings. The van der Waals surface area contributed by atoms with Gasteiger partial charge in [0, 0.05) is 0 Å². The highest BCUT2D eigenvalue weighted by Gasteiger charge is 1.96. The zero-order chi connectivity index (χ0) is 10.1. The lowest BCUT2D eigenvalue weighted by atomic mass is 9.62. The Kier molecular flexibility index (Phi) is 6.71. The Labute approximate surface area is 82.3 Å².